The molecule has 3 heteroatoms. The Kier molecular flexibility index (Phi) is 25.9. The Balaban J connectivity index is -0.000000305. The van der Waals surface area contributed by atoms with E-state index in [1.165, 1.54) is 117 Å². The molecule has 0 unspecified atom stereocenters. The molecule has 0 amide bonds. The zero-order chi connectivity index (χ0) is 17.5. The van der Waals surface area contributed by atoms with Gasteiger partial charge >= 0.3 is 0 Å². The zero-order valence-corrected chi connectivity index (χ0v) is 17.1. The number of hydrogen-bond donors (Lipinski definition) is 0. The summed E-state index contributed by atoms with van der Waals surface area (Å²) in [6.07, 6.45) is 14.2. The van der Waals surface area contributed by atoms with E-state index >= 15 is 0 Å². The highest BCUT2D eigenvalue weighted by atomic mass is 15.1. The maximum absolute atomic E-state index is 2.57. The van der Waals surface area contributed by atoms with Crippen LogP contribution in [0, 0.1) is 0 Å². The van der Waals surface area contributed by atoms with Gasteiger partial charge in [0.25, 0.3) is 0 Å². The minimum atomic E-state index is 0. The Labute approximate surface area is 174 Å². The van der Waals surface area contributed by atoms with Crippen molar-refractivity contribution in [3.05, 3.63) is 0 Å². The summed E-state index contributed by atoms with van der Waals surface area (Å²) in [5.41, 5.74) is 0. The van der Waals surface area contributed by atoms with Crippen LogP contribution in [0.1, 0.15) is 100 Å². The van der Waals surface area contributed by atoms with E-state index in [0.29, 0.717) is 0 Å². The average Bonchev–Trinajstić information content (AvgIpc) is 2.65. The topological polar surface area (TPSA) is 9.72 Å². The maximum Gasteiger partial charge on any atom is -0.00187 e. The van der Waals surface area contributed by atoms with Crippen molar-refractivity contribution in [2.24, 2.45) is 0 Å². The first-order valence-electron chi connectivity index (χ1n) is 10.9. The molecule has 0 N–H and O–H groups in total. The Bertz CT molecular complexity index is 250. The molecule has 27 heavy (non-hydrogen) atoms. The highest BCUT2D eigenvalue weighted by molar-refractivity contribution is 4.63. The van der Waals surface area contributed by atoms with Crippen LogP contribution in [0.5, 0.6) is 0 Å². The molecular formula is C24H57N3. The lowest BCUT2D eigenvalue weighted by atomic mass is 10.1. The zero-order valence-electron chi connectivity index (χ0n) is 17.1. The fourth-order valence-electron chi connectivity index (χ4n) is 3.83. The molecule has 0 aliphatic carbocycles. The van der Waals surface area contributed by atoms with Crippen LogP contribution in [0.25, 0.3) is 0 Å². The van der Waals surface area contributed by atoms with Crippen LogP contribution in [-0.4, -0.2) is 74.1 Å². The highest BCUT2D eigenvalue weighted by Crippen LogP contribution is 2.08. The minimum Gasteiger partial charge on any atom is -0.306 e. The third-order valence-electron chi connectivity index (χ3n) is 5.46. The SMILES string of the molecule is C.C.C.CCCN1CCCCC1.CCN1CCCCC1.CN1CCCCC1. The summed E-state index contributed by atoms with van der Waals surface area (Å²) in [6, 6.07) is 0. The van der Waals surface area contributed by atoms with Crippen LogP contribution in [0.15, 0.2) is 0 Å². The second-order valence-corrected chi connectivity index (χ2v) is 7.76. The van der Waals surface area contributed by atoms with Crippen LogP contribution in [0.2, 0.25) is 0 Å². The van der Waals surface area contributed by atoms with E-state index in [2.05, 4.69) is 35.6 Å². The predicted octanol–water partition coefficient (Wildman–Crippen LogP) is 6.38. The van der Waals surface area contributed by atoms with Crippen molar-refractivity contribution in [2.45, 2.75) is 100 Å². The molecule has 0 aromatic heterocycles. The smallest absolute Gasteiger partial charge is 0.00187 e. The van der Waals surface area contributed by atoms with Gasteiger partial charge in [0.1, 0.15) is 0 Å². The molecule has 3 aliphatic rings. The lowest BCUT2D eigenvalue weighted by Gasteiger charge is -2.25. The van der Waals surface area contributed by atoms with Gasteiger partial charge in [0, 0.05) is 0 Å². The molecule has 0 bridgehead atoms. The van der Waals surface area contributed by atoms with E-state index in [1.807, 2.05) is 0 Å². The fourth-order valence-corrected chi connectivity index (χ4v) is 3.83. The van der Waals surface area contributed by atoms with Crippen molar-refractivity contribution < 1.29 is 0 Å². The molecule has 0 aromatic carbocycles. The second-order valence-electron chi connectivity index (χ2n) is 7.76. The van der Waals surface area contributed by atoms with Gasteiger partial charge < -0.3 is 14.7 Å². The second kappa shape index (κ2) is 22.2. The van der Waals surface area contributed by atoms with Gasteiger partial charge in [-0.3, -0.25) is 0 Å². The average molecular weight is 388 g/mol. The van der Waals surface area contributed by atoms with E-state index < -0.39 is 0 Å². The molecule has 3 rings (SSSR count). The summed E-state index contributed by atoms with van der Waals surface area (Å²) >= 11 is 0. The van der Waals surface area contributed by atoms with Gasteiger partial charge in [0.15, 0.2) is 0 Å². The number of rotatable bonds is 3. The molecule has 0 aromatic rings. The van der Waals surface area contributed by atoms with Crippen molar-refractivity contribution in [3.8, 4) is 0 Å². The molecule has 0 atom stereocenters. The van der Waals surface area contributed by atoms with Gasteiger partial charge in [-0.15, -0.1) is 0 Å². The summed E-state index contributed by atoms with van der Waals surface area (Å²) in [4.78, 5) is 7.48. The Morgan fingerprint density at radius 2 is 0.889 bits per heavy atom. The normalized spacial score (nSPS) is 21.0. The van der Waals surface area contributed by atoms with E-state index in [9.17, 15) is 0 Å². The minimum absolute atomic E-state index is 0. The molecule has 3 aliphatic heterocycles. The first-order valence-corrected chi connectivity index (χ1v) is 10.9. The molecule has 0 saturated carbocycles. The van der Waals surface area contributed by atoms with Crippen LogP contribution in [0.3, 0.4) is 0 Å². The quantitative estimate of drug-likeness (QED) is 0.556. The monoisotopic (exact) mass is 387 g/mol. The number of nitrogens with zero attached hydrogens (tertiary/aromatic N) is 3. The maximum atomic E-state index is 2.57. The summed E-state index contributed by atoms with van der Waals surface area (Å²) in [6.45, 7) is 15.1. The van der Waals surface area contributed by atoms with Crippen LogP contribution >= 0.6 is 0 Å². The standard InChI is InChI=1S/C8H17N.C7H15N.C6H13N.3CH4/c1-2-6-9-7-4-3-5-8-9;1-2-8-6-4-3-5-7-8;1-7-5-3-2-4-6-7;;;/h2-8H2,1H3;2-7H2,1H3;2-6H2,1H3;3*1H4. The third-order valence-corrected chi connectivity index (χ3v) is 5.46. The van der Waals surface area contributed by atoms with Crippen molar-refractivity contribution in [1.29, 1.82) is 0 Å². The van der Waals surface area contributed by atoms with Gasteiger partial charge in [-0.25, -0.2) is 0 Å². The summed E-state index contributed by atoms with van der Waals surface area (Å²) < 4.78 is 0. The summed E-state index contributed by atoms with van der Waals surface area (Å²) in [5, 5.41) is 0. The van der Waals surface area contributed by atoms with Crippen molar-refractivity contribution in [3.63, 3.8) is 0 Å². The third kappa shape index (κ3) is 17.7. The number of piperidine rings is 3. The van der Waals surface area contributed by atoms with Crippen LogP contribution < -0.4 is 0 Å². The van der Waals surface area contributed by atoms with Crippen LogP contribution in [0.4, 0.5) is 0 Å². The molecule has 3 fully saturated rings. The van der Waals surface area contributed by atoms with Gasteiger partial charge in [-0.05, 0) is 104 Å². The van der Waals surface area contributed by atoms with Gasteiger partial charge in [-0.2, -0.15) is 0 Å². The van der Waals surface area contributed by atoms with E-state index in [4.69, 9.17) is 0 Å². The molecule has 3 heterocycles. The molecule has 3 nitrogen and oxygen atoms in total. The fraction of sp³-hybridized carbons (Fsp3) is 1.00. The predicted molar refractivity (Wildman–Crippen MR) is 128 cm³/mol. The van der Waals surface area contributed by atoms with E-state index in [-0.39, 0.29) is 22.3 Å². The lowest BCUT2D eigenvalue weighted by molar-refractivity contribution is 0.229. The van der Waals surface area contributed by atoms with Crippen LogP contribution in [-0.2, 0) is 0 Å². The van der Waals surface area contributed by atoms with E-state index in [1.54, 1.807) is 0 Å². The summed E-state index contributed by atoms with van der Waals surface area (Å²) in [5.74, 6) is 0. The molecule has 168 valence electrons. The largest absolute Gasteiger partial charge is 0.306 e. The molecule has 0 spiro atoms. The van der Waals surface area contributed by atoms with E-state index in [0.717, 1.165) is 0 Å². The Morgan fingerprint density at radius 3 is 1.15 bits per heavy atom. The Hall–Kier alpha value is -0.120. The number of hydrogen-bond acceptors (Lipinski definition) is 3. The lowest BCUT2D eigenvalue weighted by Crippen LogP contribution is -2.30. The first kappa shape index (κ1) is 31.6. The Morgan fingerprint density at radius 1 is 0.519 bits per heavy atom. The van der Waals surface area contributed by atoms with Gasteiger partial charge in [0.2, 0.25) is 0 Å². The van der Waals surface area contributed by atoms with Gasteiger partial charge in [-0.1, -0.05) is 55.4 Å². The molecule has 3 saturated heterocycles. The molecule has 0 radical (unpaired) electrons. The molecular weight excluding hydrogens is 330 g/mol. The number of likely N-dealkylation sites (tertiary alicyclic amines) is 3. The first-order chi connectivity index (χ1) is 11.8. The van der Waals surface area contributed by atoms with Gasteiger partial charge in [0.05, 0.1) is 0 Å². The van der Waals surface area contributed by atoms with Crippen molar-refractivity contribution >= 4 is 0 Å². The van der Waals surface area contributed by atoms with Crippen molar-refractivity contribution in [2.75, 3.05) is 59.4 Å². The highest BCUT2D eigenvalue weighted by Gasteiger charge is 2.07. The summed E-state index contributed by atoms with van der Waals surface area (Å²) in [7, 11) is 2.19. The van der Waals surface area contributed by atoms with Crippen molar-refractivity contribution in [1.82, 2.24) is 14.7 Å².